The number of hydrogen-bond acceptors (Lipinski definition) is 3. The molecule has 2 aromatic rings. The Bertz CT molecular complexity index is 712. The van der Waals surface area contributed by atoms with Crippen LogP contribution in [0.3, 0.4) is 0 Å². The van der Waals surface area contributed by atoms with E-state index in [4.69, 9.17) is 0 Å². The highest BCUT2D eigenvalue weighted by Crippen LogP contribution is 2.42. The van der Waals surface area contributed by atoms with Crippen molar-refractivity contribution < 1.29 is 15.0 Å². The van der Waals surface area contributed by atoms with Gasteiger partial charge >= 0.3 is 5.97 Å². The minimum Gasteiger partial charge on any atom is -0.478 e. The van der Waals surface area contributed by atoms with E-state index in [9.17, 15) is 15.0 Å². The summed E-state index contributed by atoms with van der Waals surface area (Å²) >= 11 is 0. The number of aliphatic hydroxyl groups is 1. The standard InChI is InChI=1S/C16H18N2O3/c19-11-6-9(7-11)8-18-13-3-1-2-12(16(20)21)14(13)17-15(18)10-4-5-10/h1-3,9-11,19H,4-8H2,(H,20,21). The van der Waals surface area contributed by atoms with Crippen LogP contribution < -0.4 is 0 Å². The summed E-state index contributed by atoms with van der Waals surface area (Å²) in [5.41, 5.74) is 1.80. The number of hydrogen-bond donors (Lipinski definition) is 2. The average Bonchev–Trinajstić information content (AvgIpc) is 3.19. The largest absolute Gasteiger partial charge is 0.478 e. The van der Waals surface area contributed by atoms with Gasteiger partial charge in [0, 0.05) is 12.5 Å². The van der Waals surface area contributed by atoms with E-state index in [0.29, 0.717) is 17.4 Å². The maximum Gasteiger partial charge on any atom is 0.337 e. The van der Waals surface area contributed by atoms with Crippen molar-refractivity contribution in [2.45, 2.75) is 44.2 Å². The number of carboxylic acids is 1. The molecule has 0 spiro atoms. The molecule has 1 aromatic heterocycles. The molecule has 0 unspecified atom stereocenters. The van der Waals surface area contributed by atoms with E-state index in [1.165, 1.54) is 0 Å². The summed E-state index contributed by atoms with van der Waals surface area (Å²) in [6.45, 7) is 0.836. The van der Waals surface area contributed by atoms with Crippen LogP contribution in [0.2, 0.25) is 0 Å². The number of rotatable bonds is 4. The van der Waals surface area contributed by atoms with Crippen LogP contribution in [0.5, 0.6) is 0 Å². The second kappa shape index (κ2) is 4.56. The van der Waals surface area contributed by atoms with Gasteiger partial charge in [0.1, 0.15) is 11.3 Å². The van der Waals surface area contributed by atoms with E-state index < -0.39 is 5.97 Å². The van der Waals surface area contributed by atoms with Crippen LogP contribution in [0.15, 0.2) is 18.2 Å². The molecule has 0 radical (unpaired) electrons. The van der Waals surface area contributed by atoms with Crippen LogP contribution >= 0.6 is 0 Å². The Hall–Kier alpha value is -1.88. The Morgan fingerprint density at radius 3 is 2.71 bits per heavy atom. The fourth-order valence-electron chi connectivity index (χ4n) is 3.29. The Labute approximate surface area is 122 Å². The second-order valence-electron chi connectivity index (χ2n) is 6.32. The van der Waals surface area contributed by atoms with E-state index >= 15 is 0 Å². The third kappa shape index (κ3) is 2.12. The number of imidazole rings is 1. The molecule has 1 aromatic carbocycles. The number of benzene rings is 1. The lowest BCUT2D eigenvalue weighted by Crippen LogP contribution is -2.31. The number of aliphatic hydroxyl groups excluding tert-OH is 1. The number of carbonyl (C=O) groups is 1. The third-order valence-electron chi connectivity index (χ3n) is 4.63. The van der Waals surface area contributed by atoms with Crippen molar-refractivity contribution in [3.8, 4) is 0 Å². The van der Waals surface area contributed by atoms with Gasteiger partial charge in [-0.2, -0.15) is 0 Å². The molecule has 0 amide bonds. The monoisotopic (exact) mass is 286 g/mol. The molecule has 0 aliphatic heterocycles. The normalized spacial score (nSPS) is 25.0. The Kier molecular flexibility index (Phi) is 2.79. The summed E-state index contributed by atoms with van der Waals surface area (Å²) in [5.74, 6) is 1.05. The molecule has 2 aliphatic rings. The number of nitrogens with zero attached hydrogens (tertiary/aromatic N) is 2. The average molecular weight is 286 g/mol. The number of aromatic carboxylic acids is 1. The lowest BCUT2D eigenvalue weighted by molar-refractivity contribution is 0.0354. The van der Waals surface area contributed by atoms with Crippen molar-refractivity contribution in [1.82, 2.24) is 9.55 Å². The smallest absolute Gasteiger partial charge is 0.337 e. The predicted octanol–water partition coefficient (Wildman–Crippen LogP) is 2.38. The maximum atomic E-state index is 11.4. The molecule has 5 heteroatoms. The van der Waals surface area contributed by atoms with Crippen molar-refractivity contribution in [2.75, 3.05) is 0 Å². The van der Waals surface area contributed by atoms with E-state index in [0.717, 1.165) is 43.6 Å². The SMILES string of the molecule is O=C(O)c1cccc2c1nc(C1CC1)n2CC1CC(O)C1. The van der Waals surface area contributed by atoms with E-state index in [1.807, 2.05) is 6.07 Å². The minimum absolute atomic E-state index is 0.163. The van der Waals surface area contributed by atoms with Crippen molar-refractivity contribution in [2.24, 2.45) is 5.92 Å². The number of fused-ring (bicyclic) bond motifs is 1. The summed E-state index contributed by atoms with van der Waals surface area (Å²) in [4.78, 5) is 16.0. The first-order chi connectivity index (χ1) is 10.1. The van der Waals surface area contributed by atoms with Crippen LogP contribution in [-0.4, -0.2) is 31.8 Å². The molecule has 0 saturated heterocycles. The molecular weight excluding hydrogens is 268 g/mol. The van der Waals surface area contributed by atoms with Gasteiger partial charge in [-0.3, -0.25) is 0 Å². The molecule has 0 bridgehead atoms. The zero-order valence-corrected chi connectivity index (χ0v) is 11.7. The topological polar surface area (TPSA) is 75.3 Å². The first kappa shape index (κ1) is 12.8. The van der Waals surface area contributed by atoms with Crippen molar-refractivity contribution >= 4 is 17.0 Å². The van der Waals surface area contributed by atoms with Crippen molar-refractivity contribution in [1.29, 1.82) is 0 Å². The summed E-state index contributed by atoms with van der Waals surface area (Å²) in [5, 5.41) is 18.8. The van der Waals surface area contributed by atoms with Crippen LogP contribution in [0.1, 0.15) is 47.8 Å². The van der Waals surface area contributed by atoms with E-state index in [1.54, 1.807) is 12.1 Å². The molecule has 2 aliphatic carbocycles. The molecule has 0 atom stereocenters. The molecule has 21 heavy (non-hydrogen) atoms. The van der Waals surface area contributed by atoms with Crippen LogP contribution in [0.4, 0.5) is 0 Å². The van der Waals surface area contributed by atoms with Gasteiger partial charge in [-0.25, -0.2) is 9.78 Å². The molecule has 2 fully saturated rings. The zero-order valence-electron chi connectivity index (χ0n) is 11.7. The van der Waals surface area contributed by atoms with Gasteiger partial charge in [-0.05, 0) is 43.7 Å². The molecule has 2 saturated carbocycles. The lowest BCUT2D eigenvalue weighted by Gasteiger charge is -2.32. The van der Waals surface area contributed by atoms with E-state index in [2.05, 4.69) is 9.55 Å². The van der Waals surface area contributed by atoms with Gasteiger partial charge in [0.25, 0.3) is 0 Å². The molecular formula is C16H18N2O3. The summed E-state index contributed by atoms with van der Waals surface area (Å²) in [6, 6.07) is 5.36. The fraction of sp³-hybridized carbons (Fsp3) is 0.500. The van der Waals surface area contributed by atoms with Gasteiger partial charge in [-0.15, -0.1) is 0 Å². The highest BCUT2D eigenvalue weighted by Gasteiger charge is 2.33. The van der Waals surface area contributed by atoms with Gasteiger partial charge in [-0.1, -0.05) is 6.07 Å². The van der Waals surface area contributed by atoms with Gasteiger partial charge < -0.3 is 14.8 Å². The van der Waals surface area contributed by atoms with Gasteiger partial charge in [0.15, 0.2) is 0 Å². The zero-order chi connectivity index (χ0) is 14.6. The highest BCUT2D eigenvalue weighted by molar-refractivity contribution is 6.01. The Morgan fingerprint density at radius 1 is 1.33 bits per heavy atom. The Balaban J connectivity index is 1.80. The van der Waals surface area contributed by atoms with Crippen LogP contribution in [0, 0.1) is 5.92 Å². The summed E-state index contributed by atoms with van der Waals surface area (Å²) < 4.78 is 2.19. The van der Waals surface area contributed by atoms with Gasteiger partial charge in [0.05, 0.1) is 17.2 Å². The molecule has 4 rings (SSSR count). The number of para-hydroxylation sites is 1. The third-order valence-corrected chi connectivity index (χ3v) is 4.63. The first-order valence-electron chi connectivity index (χ1n) is 7.54. The molecule has 5 nitrogen and oxygen atoms in total. The first-order valence-corrected chi connectivity index (χ1v) is 7.54. The van der Waals surface area contributed by atoms with Crippen molar-refractivity contribution in [3.05, 3.63) is 29.6 Å². The molecule has 110 valence electrons. The van der Waals surface area contributed by atoms with Crippen molar-refractivity contribution in [3.63, 3.8) is 0 Å². The summed E-state index contributed by atoms with van der Waals surface area (Å²) in [6.07, 6.45) is 3.78. The predicted molar refractivity (Wildman–Crippen MR) is 77.4 cm³/mol. The Morgan fingerprint density at radius 2 is 2.10 bits per heavy atom. The highest BCUT2D eigenvalue weighted by atomic mass is 16.4. The lowest BCUT2D eigenvalue weighted by atomic mass is 9.82. The van der Waals surface area contributed by atoms with E-state index in [-0.39, 0.29) is 11.7 Å². The molecule has 1 heterocycles. The van der Waals surface area contributed by atoms with Crippen LogP contribution in [0.25, 0.3) is 11.0 Å². The quantitative estimate of drug-likeness (QED) is 0.905. The van der Waals surface area contributed by atoms with Gasteiger partial charge in [0.2, 0.25) is 0 Å². The second-order valence-corrected chi connectivity index (χ2v) is 6.32. The summed E-state index contributed by atoms with van der Waals surface area (Å²) in [7, 11) is 0. The fourth-order valence-corrected chi connectivity index (χ4v) is 3.29. The molecule has 2 N–H and O–H groups in total. The minimum atomic E-state index is -0.924. The maximum absolute atomic E-state index is 11.4. The van der Waals surface area contributed by atoms with Crippen LogP contribution in [-0.2, 0) is 6.54 Å². The number of carboxylic acid groups (broad SMARTS) is 1. The number of aromatic nitrogens is 2.